The normalized spacial score (nSPS) is 23.6. The van der Waals surface area contributed by atoms with Gasteiger partial charge in [0.2, 0.25) is 5.91 Å². The second-order valence-corrected chi connectivity index (χ2v) is 4.98. The molecule has 1 heterocycles. The number of amides is 1. The van der Waals surface area contributed by atoms with Crippen molar-refractivity contribution in [1.29, 1.82) is 0 Å². The fraction of sp³-hybridized carbons (Fsp3) is 0.500. The number of hydrogen-bond donors (Lipinski definition) is 1. The van der Waals surface area contributed by atoms with E-state index in [4.69, 9.17) is 5.73 Å². The van der Waals surface area contributed by atoms with E-state index >= 15 is 0 Å². The first-order valence-corrected chi connectivity index (χ1v) is 6.37. The first-order chi connectivity index (χ1) is 8.54. The van der Waals surface area contributed by atoms with E-state index in [9.17, 15) is 4.79 Å². The van der Waals surface area contributed by atoms with Gasteiger partial charge < -0.3 is 15.5 Å². The lowest BCUT2D eigenvalue weighted by Crippen LogP contribution is -2.32. The molecule has 1 aliphatic rings. The predicted octanol–water partition coefficient (Wildman–Crippen LogP) is 1.37. The summed E-state index contributed by atoms with van der Waals surface area (Å²) >= 11 is 0. The summed E-state index contributed by atoms with van der Waals surface area (Å²) < 4.78 is 0. The lowest BCUT2D eigenvalue weighted by Gasteiger charge is -2.26. The van der Waals surface area contributed by atoms with E-state index in [-0.39, 0.29) is 18.0 Å². The smallest absolute Gasteiger partial charge is 0.224 e. The SMILES string of the molecule is CCN1C(=O)CC(N)C1c1ccc(N(C)C)cc1. The molecule has 1 amide bonds. The van der Waals surface area contributed by atoms with E-state index in [0.29, 0.717) is 13.0 Å². The summed E-state index contributed by atoms with van der Waals surface area (Å²) in [5.41, 5.74) is 8.37. The molecule has 1 saturated heterocycles. The number of rotatable bonds is 3. The molecule has 0 saturated carbocycles. The maximum Gasteiger partial charge on any atom is 0.224 e. The molecular weight excluding hydrogens is 226 g/mol. The molecule has 1 aromatic rings. The van der Waals surface area contributed by atoms with Gasteiger partial charge >= 0.3 is 0 Å². The Labute approximate surface area is 108 Å². The third kappa shape index (κ3) is 2.20. The molecule has 0 aliphatic carbocycles. The number of nitrogens with zero attached hydrogens (tertiary/aromatic N) is 2. The van der Waals surface area contributed by atoms with Crippen LogP contribution in [0.5, 0.6) is 0 Å². The van der Waals surface area contributed by atoms with Gasteiger partial charge in [-0.3, -0.25) is 4.79 Å². The van der Waals surface area contributed by atoms with Gasteiger partial charge in [0.05, 0.1) is 6.04 Å². The van der Waals surface area contributed by atoms with Crippen LogP contribution in [0.3, 0.4) is 0 Å². The maximum absolute atomic E-state index is 11.8. The van der Waals surface area contributed by atoms with Crippen LogP contribution < -0.4 is 10.6 Å². The van der Waals surface area contributed by atoms with Crippen LogP contribution in [0.15, 0.2) is 24.3 Å². The highest BCUT2D eigenvalue weighted by Gasteiger charge is 2.37. The van der Waals surface area contributed by atoms with Gasteiger partial charge in [0.1, 0.15) is 0 Å². The molecule has 18 heavy (non-hydrogen) atoms. The van der Waals surface area contributed by atoms with Gasteiger partial charge in [0.15, 0.2) is 0 Å². The molecule has 1 aliphatic heterocycles. The van der Waals surface area contributed by atoms with Crippen molar-refractivity contribution in [3.05, 3.63) is 29.8 Å². The van der Waals surface area contributed by atoms with E-state index in [0.717, 1.165) is 11.3 Å². The summed E-state index contributed by atoms with van der Waals surface area (Å²) in [6.07, 6.45) is 0.452. The summed E-state index contributed by atoms with van der Waals surface area (Å²) in [5, 5.41) is 0. The monoisotopic (exact) mass is 247 g/mol. The van der Waals surface area contributed by atoms with Crippen molar-refractivity contribution in [2.24, 2.45) is 5.73 Å². The summed E-state index contributed by atoms with van der Waals surface area (Å²) in [7, 11) is 4.02. The van der Waals surface area contributed by atoms with Gasteiger partial charge in [-0.25, -0.2) is 0 Å². The molecule has 2 unspecified atom stereocenters. The lowest BCUT2D eigenvalue weighted by molar-refractivity contribution is -0.128. The van der Waals surface area contributed by atoms with Gasteiger partial charge in [-0.1, -0.05) is 12.1 Å². The average molecular weight is 247 g/mol. The Morgan fingerprint density at radius 1 is 1.33 bits per heavy atom. The van der Waals surface area contributed by atoms with Gasteiger partial charge in [-0.15, -0.1) is 0 Å². The summed E-state index contributed by atoms with van der Waals surface area (Å²) in [5.74, 6) is 0.159. The first kappa shape index (κ1) is 12.9. The third-order valence-electron chi connectivity index (χ3n) is 3.56. The van der Waals surface area contributed by atoms with Crippen molar-refractivity contribution in [2.45, 2.75) is 25.4 Å². The second kappa shape index (κ2) is 4.98. The van der Waals surface area contributed by atoms with E-state index in [1.165, 1.54) is 0 Å². The zero-order valence-electron chi connectivity index (χ0n) is 11.3. The summed E-state index contributed by atoms with van der Waals surface area (Å²) in [6, 6.07) is 8.21. The Balaban J connectivity index is 2.27. The molecule has 0 spiro atoms. The number of carbonyl (C=O) groups is 1. The number of likely N-dealkylation sites (tertiary alicyclic amines) is 1. The van der Waals surface area contributed by atoms with Crippen molar-refractivity contribution in [1.82, 2.24) is 4.90 Å². The van der Waals surface area contributed by atoms with Crippen LogP contribution in [0.4, 0.5) is 5.69 Å². The van der Waals surface area contributed by atoms with Crippen molar-refractivity contribution in [3.8, 4) is 0 Å². The third-order valence-corrected chi connectivity index (χ3v) is 3.56. The molecule has 1 fully saturated rings. The minimum Gasteiger partial charge on any atom is -0.378 e. The fourth-order valence-corrected chi connectivity index (χ4v) is 2.59. The molecule has 0 radical (unpaired) electrons. The number of anilines is 1. The quantitative estimate of drug-likeness (QED) is 0.877. The van der Waals surface area contributed by atoms with E-state index in [1.807, 2.05) is 25.9 Å². The zero-order chi connectivity index (χ0) is 13.3. The number of likely N-dealkylation sites (N-methyl/N-ethyl adjacent to an activating group) is 1. The van der Waals surface area contributed by atoms with Crippen molar-refractivity contribution >= 4 is 11.6 Å². The molecule has 0 aromatic heterocycles. The highest BCUT2D eigenvalue weighted by Crippen LogP contribution is 2.32. The van der Waals surface area contributed by atoms with Crippen molar-refractivity contribution in [2.75, 3.05) is 25.5 Å². The van der Waals surface area contributed by atoms with Gasteiger partial charge in [0.25, 0.3) is 0 Å². The van der Waals surface area contributed by atoms with Crippen LogP contribution in [-0.2, 0) is 4.79 Å². The largest absolute Gasteiger partial charge is 0.378 e. The zero-order valence-corrected chi connectivity index (χ0v) is 11.3. The Bertz CT molecular complexity index is 427. The molecule has 4 heteroatoms. The molecule has 98 valence electrons. The number of nitrogens with two attached hydrogens (primary N) is 1. The van der Waals surface area contributed by atoms with Gasteiger partial charge in [-0.05, 0) is 24.6 Å². The topological polar surface area (TPSA) is 49.6 Å². The number of carbonyl (C=O) groups excluding carboxylic acids is 1. The van der Waals surface area contributed by atoms with Crippen LogP contribution in [0.2, 0.25) is 0 Å². The predicted molar refractivity (Wildman–Crippen MR) is 73.5 cm³/mol. The van der Waals surface area contributed by atoms with E-state index < -0.39 is 0 Å². The summed E-state index contributed by atoms with van der Waals surface area (Å²) in [6.45, 7) is 2.71. The van der Waals surface area contributed by atoms with Gasteiger partial charge in [0, 0.05) is 38.8 Å². The Hall–Kier alpha value is -1.55. The number of hydrogen-bond acceptors (Lipinski definition) is 3. The molecule has 2 rings (SSSR count). The molecule has 2 N–H and O–H groups in total. The highest BCUT2D eigenvalue weighted by molar-refractivity contribution is 5.80. The van der Waals surface area contributed by atoms with Crippen LogP contribution in [0.25, 0.3) is 0 Å². The second-order valence-electron chi connectivity index (χ2n) is 4.98. The van der Waals surface area contributed by atoms with Crippen LogP contribution >= 0.6 is 0 Å². The maximum atomic E-state index is 11.8. The number of benzene rings is 1. The molecule has 0 bridgehead atoms. The standard InChI is InChI=1S/C14H21N3O/c1-4-17-13(18)9-12(15)14(17)10-5-7-11(8-6-10)16(2)3/h5-8,12,14H,4,9,15H2,1-3H3. The fourth-order valence-electron chi connectivity index (χ4n) is 2.59. The minimum atomic E-state index is -0.0948. The van der Waals surface area contributed by atoms with Crippen molar-refractivity contribution < 1.29 is 4.79 Å². The molecule has 2 atom stereocenters. The first-order valence-electron chi connectivity index (χ1n) is 6.37. The average Bonchev–Trinajstić information content (AvgIpc) is 2.63. The Morgan fingerprint density at radius 3 is 2.44 bits per heavy atom. The minimum absolute atomic E-state index is 0.0266. The van der Waals surface area contributed by atoms with Crippen LogP contribution in [-0.4, -0.2) is 37.5 Å². The van der Waals surface area contributed by atoms with Crippen LogP contribution in [0.1, 0.15) is 24.9 Å². The van der Waals surface area contributed by atoms with Crippen LogP contribution in [0, 0.1) is 0 Å². The lowest BCUT2D eigenvalue weighted by atomic mass is 10.0. The van der Waals surface area contributed by atoms with E-state index in [1.54, 1.807) is 0 Å². The Kier molecular flexibility index (Phi) is 3.57. The summed E-state index contributed by atoms with van der Waals surface area (Å²) in [4.78, 5) is 15.7. The molecular formula is C14H21N3O. The molecule has 1 aromatic carbocycles. The van der Waals surface area contributed by atoms with Crippen molar-refractivity contribution in [3.63, 3.8) is 0 Å². The Morgan fingerprint density at radius 2 is 1.94 bits per heavy atom. The highest BCUT2D eigenvalue weighted by atomic mass is 16.2. The molecule has 4 nitrogen and oxygen atoms in total. The van der Waals surface area contributed by atoms with E-state index in [2.05, 4.69) is 29.2 Å². The van der Waals surface area contributed by atoms with Gasteiger partial charge in [-0.2, -0.15) is 0 Å².